The van der Waals surface area contributed by atoms with E-state index in [0.717, 1.165) is 0 Å². The first-order chi connectivity index (χ1) is 9.43. The zero-order valence-corrected chi connectivity index (χ0v) is 12.8. The van der Waals surface area contributed by atoms with Gasteiger partial charge in [0.1, 0.15) is 0 Å². The van der Waals surface area contributed by atoms with Crippen molar-refractivity contribution >= 4 is 35.1 Å². The first-order valence-electron chi connectivity index (χ1n) is 5.35. The molecule has 0 unspecified atom stereocenters. The quantitative estimate of drug-likeness (QED) is 0.744. The van der Waals surface area contributed by atoms with E-state index in [2.05, 4.69) is 0 Å². The minimum atomic E-state index is -1.24. The molecule has 0 atom stereocenters. The van der Waals surface area contributed by atoms with Gasteiger partial charge in [0.05, 0.1) is 11.9 Å². The van der Waals surface area contributed by atoms with Gasteiger partial charge in [-0.05, 0) is 12.1 Å². The van der Waals surface area contributed by atoms with Crippen LogP contribution >= 0.6 is 23.2 Å². The van der Waals surface area contributed by atoms with Gasteiger partial charge in [-0.2, -0.15) is 0 Å². The van der Waals surface area contributed by atoms with Crippen molar-refractivity contribution in [2.75, 3.05) is 0 Å². The van der Waals surface area contributed by atoms with Gasteiger partial charge in [0.25, 0.3) is 0 Å². The van der Waals surface area contributed by atoms with E-state index >= 15 is 0 Å². The number of rotatable bonds is 2. The molecule has 0 saturated heterocycles. The molecule has 7 heteroatoms. The van der Waals surface area contributed by atoms with Gasteiger partial charge in [-0.25, -0.2) is 0 Å². The largest absolute Gasteiger partial charge is 2.00 e. The van der Waals surface area contributed by atoms with Crippen molar-refractivity contribution in [3.8, 4) is 0 Å². The molecule has 0 saturated carbocycles. The van der Waals surface area contributed by atoms with Gasteiger partial charge in [0.15, 0.2) is 0 Å². The third kappa shape index (κ3) is 6.19. The van der Waals surface area contributed by atoms with Gasteiger partial charge in [0.2, 0.25) is 0 Å². The fraction of sp³-hybridized carbons (Fsp3) is 0. The minimum absolute atomic E-state index is 0. The molecule has 0 heterocycles. The van der Waals surface area contributed by atoms with Crippen LogP contribution in [0.25, 0.3) is 0 Å². The molecule has 0 aliphatic rings. The molecule has 2 rings (SSSR count). The van der Waals surface area contributed by atoms with Crippen molar-refractivity contribution in [3.05, 3.63) is 69.7 Å². The van der Waals surface area contributed by atoms with Crippen molar-refractivity contribution in [1.82, 2.24) is 0 Å². The summed E-state index contributed by atoms with van der Waals surface area (Å²) in [6.45, 7) is 0. The maximum Gasteiger partial charge on any atom is 2.00 e. The Morgan fingerprint density at radius 3 is 1.19 bits per heavy atom. The first kappa shape index (κ1) is 19.5. The summed E-state index contributed by atoms with van der Waals surface area (Å²) in [6, 6.07) is 12.3. The molecule has 0 spiro atoms. The second-order valence-corrected chi connectivity index (χ2v) is 4.35. The van der Waals surface area contributed by atoms with E-state index < -0.39 is 11.9 Å². The molecule has 0 aliphatic carbocycles. The molecule has 2 aromatic carbocycles. The van der Waals surface area contributed by atoms with Gasteiger partial charge in [-0.1, -0.05) is 59.6 Å². The van der Waals surface area contributed by atoms with Gasteiger partial charge in [0, 0.05) is 21.2 Å². The predicted octanol–water partition coefficient (Wildman–Crippen LogP) is 1.40. The van der Waals surface area contributed by atoms with Crippen LogP contribution in [0.2, 0.25) is 10.0 Å². The zero-order chi connectivity index (χ0) is 15.1. The Labute approximate surface area is 141 Å². The monoisotopic (exact) mass is 373 g/mol. The molecule has 0 amide bonds. The van der Waals surface area contributed by atoms with Crippen molar-refractivity contribution in [2.24, 2.45) is 0 Å². The summed E-state index contributed by atoms with van der Waals surface area (Å²) >= 11 is 11.0. The van der Waals surface area contributed by atoms with Crippen molar-refractivity contribution in [2.45, 2.75) is 0 Å². The molecule has 0 bridgehead atoms. The normalized spacial score (nSPS) is 8.86. The van der Waals surface area contributed by atoms with Crippen molar-refractivity contribution in [1.29, 1.82) is 0 Å². The molecule has 1 radical (unpaired) electrons. The number of benzene rings is 2. The molecule has 0 fully saturated rings. The third-order valence-corrected chi connectivity index (χ3v) is 2.85. The molecule has 0 N–H and O–H groups in total. The Hall–Kier alpha value is -1.52. The van der Waals surface area contributed by atoms with E-state index in [0.29, 0.717) is 0 Å². The number of carbonyl (C=O) groups is 2. The Kier molecular flexibility index (Phi) is 8.74. The number of aromatic carboxylic acids is 2. The molecule has 4 nitrogen and oxygen atoms in total. The predicted molar refractivity (Wildman–Crippen MR) is 71.6 cm³/mol. The molecule has 0 aromatic heterocycles. The third-order valence-electron chi connectivity index (χ3n) is 2.19. The second kappa shape index (κ2) is 9.42. The Bertz CT molecular complexity index is 576. The fourth-order valence-electron chi connectivity index (χ4n) is 1.25. The van der Waals surface area contributed by atoms with Crippen LogP contribution in [0.4, 0.5) is 0 Å². The Morgan fingerprint density at radius 1 is 0.714 bits per heavy atom. The van der Waals surface area contributed by atoms with E-state index in [1.54, 1.807) is 24.3 Å². The average molecular weight is 375 g/mol. The van der Waals surface area contributed by atoms with Gasteiger partial charge in [-0.3, -0.25) is 0 Å². The SMILES string of the molecule is O=C([O-])c1ccccc1Cl.O=C([O-])c1ccccc1Cl.[Cu+2]. The second-order valence-electron chi connectivity index (χ2n) is 3.53. The van der Waals surface area contributed by atoms with Gasteiger partial charge in [-0.15, -0.1) is 0 Å². The maximum atomic E-state index is 10.2. The number of hydrogen-bond donors (Lipinski definition) is 0. The summed E-state index contributed by atoms with van der Waals surface area (Å²) in [5.74, 6) is -2.49. The van der Waals surface area contributed by atoms with E-state index in [-0.39, 0.29) is 38.2 Å². The number of hydrogen-bond acceptors (Lipinski definition) is 4. The Morgan fingerprint density at radius 2 is 1.00 bits per heavy atom. The van der Waals surface area contributed by atoms with Crippen LogP contribution in [-0.4, -0.2) is 11.9 Å². The number of carboxylic acid groups (broad SMARTS) is 2. The summed E-state index contributed by atoms with van der Waals surface area (Å²) in [5, 5.41) is 20.9. The summed E-state index contributed by atoms with van der Waals surface area (Å²) < 4.78 is 0. The molecule has 2 aromatic rings. The molecular formula is C14H8Cl2CuO4. The van der Waals surface area contributed by atoms with Crippen molar-refractivity contribution in [3.63, 3.8) is 0 Å². The summed E-state index contributed by atoms with van der Waals surface area (Å²) in [6.07, 6.45) is 0. The van der Waals surface area contributed by atoms with Crippen LogP contribution in [0.1, 0.15) is 20.7 Å². The van der Waals surface area contributed by atoms with Crippen LogP contribution in [-0.2, 0) is 17.1 Å². The molecule has 0 aliphatic heterocycles. The standard InChI is InChI=1S/2C7H5ClO2.Cu/c2*8-6-4-2-1-3-5(6)7(9)10;/h2*1-4H,(H,9,10);/q;;+2/p-2. The maximum absolute atomic E-state index is 10.2. The smallest absolute Gasteiger partial charge is 0.545 e. The van der Waals surface area contributed by atoms with E-state index in [1.165, 1.54) is 24.3 Å². The number of carboxylic acids is 2. The summed E-state index contributed by atoms with van der Waals surface area (Å²) in [4.78, 5) is 20.5. The fourth-order valence-corrected chi connectivity index (χ4v) is 1.68. The Balaban J connectivity index is 0.000000364. The van der Waals surface area contributed by atoms with E-state index in [9.17, 15) is 19.8 Å². The molecule has 113 valence electrons. The van der Waals surface area contributed by atoms with Gasteiger partial charge < -0.3 is 19.8 Å². The summed E-state index contributed by atoms with van der Waals surface area (Å²) in [7, 11) is 0. The van der Waals surface area contributed by atoms with Crippen LogP contribution in [0.3, 0.4) is 0 Å². The first-order valence-corrected chi connectivity index (χ1v) is 6.11. The average Bonchev–Trinajstić information content (AvgIpc) is 2.40. The van der Waals surface area contributed by atoms with E-state index in [1.807, 2.05) is 0 Å². The molecular weight excluding hydrogens is 367 g/mol. The van der Waals surface area contributed by atoms with Crippen LogP contribution < -0.4 is 10.2 Å². The van der Waals surface area contributed by atoms with E-state index in [4.69, 9.17) is 23.2 Å². The minimum Gasteiger partial charge on any atom is -0.545 e. The van der Waals surface area contributed by atoms with Crippen LogP contribution in [0, 0.1) is 0 Å². The zero-order valence-electron chi connectivity index (χ0n) is 10.3. The van der Waals surface area contributed by atoms with Crippen LogP contribution in [0.5, 0.6) is 0 Å². The van der Waals surface area contributed by atoms with Crippen molar-refractivity contribution < 1.29 is 36.9 Å². The van der Waals surface area contributed by atoms with Gasteiger partial charge >= 0.3 is 17.1 Å². The number of carbonyl (C=O) groups excluding carboxylic acids is 2. The van der Waals surface area contributed by atoms with Crippen LogP contribution in [0.15, 0.2) is 48.5 Å². The topological polar surface area (TPSA) is 80.3 Å². The summed E-state index contributed by atoms with van der Waals surface area (Å²) in [5.41, 5.74) is 0.0633. The molecule has 21 heavy (non-hydrogen) atoms. The number of halogens is 2.